The third-order valence-electron chi connectivity index (χ3n) is 6.39. The number of hydrogen-bond donors (Lipinski definition) is 1. The van der Waals surface area contributed by atoms with Gasteiger partial charge in [0.15, 0.2) is 11.5 Å². The first kappa shape index (κ1) is 33.5. The summed E-state index contributed by atoms with van der Waals surface area (Å²) in [5.41, 5.74) is 5.90. The Morgan fingerprint density at radius 1 is 0.805 bits per heavy atom. The van der Waals surface area contributed by atoms with Crippen LogP contribution in [0, 0.1) is 11.8 Å². The Morgan fingerprint density at radius 2 is 1.37 bits per heavy atom. The lowest BCUT2D eigenvalue weighted by Crippen LogP contribution is -2.53. The van der Waals surface area contributed by atoms with E-state index in [9.17, 15) is 19.2 Å². The zero-order chi connectivity index (χ0) is 30.6. The Kier molecular flexibility index (Phi) is 13.0. The minimum Gasteiger partial charge on any atom is -0.468 e. The monoisotopic (exact) mass is 569 g/mol. The maximum absolute atomic E-state index is 12.8. The molecule has 0 heterocycles. The molecule has 2 rings (SSSR count). The summed E-state index contributed by atoms with van der Waals surface area (Å²) in [4.78, 5) is 50.4. The average molecular weight is 570 g/mol. The average Bonchev–Trinajstić information content (AvgIpc) is 2.91. The van der Waals surface area contributed by atoms with Crippen molar-refractivity contribution in [2.24, 2.45) is 17.6 Å². The van der Waals surface area contributed by atoms with E-state index in [-0.39, 0.29) is 37.2 Å². The molecule has 0 fully saturated rings. The van der Waals surface area contributed by atoms with Crippen LogP contribution >= 0.6 is 0 Å². The van der Waals surface area contributed by atoms with Crippen LogP contribution in [0.4, 0.5) is 0 Å². The second-order valence-electron chi connectivity index (χ2n) is 11.2. The SMILES string of the molecule is COC(=O)C(N)(Cc1ccc(OC(=O)CCC(C)C)c(OC(=O)CCC(C)C)c1)C[C@H](C)OC(=O)c1ccccc1. The number of carbonyl (C=O) groups is 4. The molecule has 9 heteroatoms. The molecule has 0 aliphatic rings. The quantitative estimate of drug-likeness (QED) is 0.221. The molecule has 0 bridgehead atoms. The zero-order valence-electron chi connectivity index (χ0n) is 24.9. The zero-order valence-corrected chi connectivity index (χ0v) is 24.9. The fourth-order valence-corrected chi connectivity index (χ4v) is 4.16. The van der Waals surface area contributed by atoms with Crippen molar-refractivity contribution < 1.29 is 38.1 Å². The van der Waals surface area contributed by atoms with Crippen LogP contribution in [0.1, 0.15) is 82.6 Å². The van der Waals surface area contributed by atoms with Crippen LogP contribution in [-0.4, -0.2) is 42.6 Å². The van der Waals surface area contributed by atoms with Crippen LogP contribution < -0.4 is 15.2 Å². The fraction of sp³-hybridized carbons (Fsp3) is 0.500. The third-order valence-corrected chi connectivity index (χ3v) is 6.39. The highest BCUT2D eigenvalue weighted by molar-refractivity contribution is 5.89. The molecule has 41 heavy (non-hydrogen) atoms. The molecule has 2 N–H and O–H groups in total. The van der Waals surface area contributed by atoms with Gasteiger partial charge in [-0.3, -0.25) is 14.4 Å². The van der Waals surface area contributed by atoms with Crippen molar-refractivity contribution in [2.75, 3.05) is 7.11 Å². The van der Waals surface area contributed by atoms with Gasteiger partial charge in [0.25, 0.3) is 0 Å². The van der Waals surface area contributed by atoms with Gasteiger partial charge in [0.05, 0.1) is 12.7 Å². The Bertz CT molecular complexity index is 1180. The maximum Gasteiger partial charge on any atom is 0.338 e. The predicted octanol–water partition coefficient (Wildman–Crippen LogP) is 5.42. The van der Waals surface area contributed by atoms with Crippen LogP contribution in [-0.2, 0) is 30.3 Å². The fourth-order valence-electron chi connectivity index (χ4n) is 4.16. The number of carbonyl (C=O) groups excluding carboxylic acids is 4. The first-order valence-corrected chi connectivity index (χ1v) is 14.0. The van der Waals surface area contributed by atoms with Crippen molar-refractivity contribution in [3.05, 3.63) is 59.7 Å². The minimum atomic E-state index is -1.57. The van der Waals surface area contributed by atoms with E-state index in [1.807, 2.05) is 27.7 Å². The Balaban J connectivity index is 2.28. The summed E-state index contributed by atoms with van der Waals surface area (Å²) in [6.45, 7) is 9.66. The highest BCUT2D eigenvalue weighted by Gasteiger charge is 2.38. The van der Waals surface area contributed by atoms with Gasteiger partial charge in [-0.2, -0.15) is 0 Å². The molecule has 1 unspecified atom stereocenters. The molecule has 9 nitrogen and oxygen atoms in total. The molecule has 0 aromatic heterocycles. The van der Waals surface area contributed by atoms with Crippen LogP contribution in [0.5, 0.6) is 11.5 Å². The van der Waals surface area contributed by atoms with E-state index in [0.717, 1.165) is 0 Å². The number of ether oxygens (including phenoxy) is 4. The molecule has 0 spiro atoms. The second kappa shape index (κ2) is 15.9. The van der Waals surface area contributed by atoms with Crippen molar-refractivity contribution in [1.29, 1.82) is 0 Å². The van der Waals surface area contributed by atoms with E-state index in [1.165, 1.54) is 19.2 Å². The third kappa shape index (κ3) is 11.4. The van der Waals surface area contributed by atoms with Crippen molar-refractivity contribution in [3.63, 3.8) is 0 Å². The Labute approximate surface area is 242 Å². The van der Waals surface area contributed by atoms with Gasteiger partial charge in [0.1, 0.15) is 11.6 Å². The lowest BCUT2D eigenvalue weighted by Gasteiger charge is -2.29. The highest BCUT2D eigenvalue weighted by atomic mass is 16.6. The van der Waals surface area contributed by atoms with Crippen molar-refractivity contribution in [2.45, 2.75) is 84.8 Å². The number of benzene rings is 2. The largest absolute Gasteiger partial charge is 0.468 e. The normalized spacial score (nSPS) is 13.3. The van der Waals surface area contributed by atoms with Crippen LogP contribution in [0.3, 0.4) is 0 Å². The molecule has 0 saturated heterocycles. The summed E-state index contributed by atoms with van der Waals surface area (Å²) in [7, 11) is 1.23. The molecule has 0 saturated carbocycles. The van der Waals surface area contributed by atoms with Gasteiger partial charge in [0, 0.05) is 25.7 Å². The van der Waals surface area contributed by atoms with Gasteiger partial charge < -0.3 is 24.7 Å². The Hall–Kier alpha value is -3.72. The van der Waals surface area contributed by atoms with Gasteiger partial charge in [-0.1, -0.05) is 52.0 Å². The summed E-state index contributed by atoms with van der Waals surface area (Å²) in [6.07, 6.45) is 0.919. The summed E-state index contributed by atoms with van der Waals surface area (Å²) < 4.78 is 21.7. The van der Waals surface area contributed by atoms with Gasteiger partial charge in [-0.15, -0.1) is 0 Å². The molecule has 224 valence electrons. The topological polar surface area (TPSA) is 131 Å². The number of esters is 4. The van der Waals surface area contributed by atoms with E-state index in [2.05, 4.69) is 0 Å². The maximum atomic E-state index is 12.8. The molecule has 0 amide bonds. The summed E-state index contributed by atoms with van der Waals surface area (Å²) in [6, 6.07) is 13.2. The molecule has 0 aliphatic carbocycles. The molecule has 2 atom stereocenters. The predicted molar refractivity (Wildman–Crippen MR) is 154 cm³/mol. The van der Waals surface area contributed by atoms with Gasteiger partial charge >= 0.3 is 23.9 Å². The van der Waals surface area contributed by atoms with Crippen molar-refractivity contribution in [3.8, 4) is 11.5 Å². The standard InChI is InChI=1S/C32H43NO8/c1-21(2)12-16-28(34)40-26-15-14-24(18-27(26)41-29(35)17-13-22(3)4)20-32(33,31(37)38-6)19-23(5)39-30(36)25-10-8-7-9-11-25/h7-11,14-15,18,21-23H,12-13,16-17,19-20,33H2,1-6H3/t23-,32?/m0/s1. The van der Waals surface area contributed by atoms with Gasteiger partial charge in [0.2, 0.25) is 0 Å². The number of rotatable bonds is 15. The smallest absolute Gasteiger partial charge is 0.338 e. The molecule has 0 radical (unpaired) electrons. The van der Waals surface area contributed by atoms with E-state index in [4.69, 9.17) is 24.7 Å². The van der Waals surface area contributed by atoms with Crippen LogP contribution in [0.25, 0.3) is 0 Å². The summed E-state index contributed by atoms with van der Waals surface area (Å²) in [5.74, 6) is -1.35. The minimum absolute atomic E-state index is 0.0228. The Morgan fingerprint density at radius 3 is 1.90 bits per heavy atom. The highest BCUT2D eigenvalue weighted by Crippen LogP contribution is 2.32. The van der Waals surface area contributed by atoms with Gasteiger partial charge in [-0.05, 0) is 61.4 Å². The van der Waals surface area contributed by atoms with E-state index in [0.29, 0.717) is 35.8 Å². The van der Waals surface area contributed by atoms with Crippen molar-refractivity contribution >= 4 is 23.9 Å². The number of hydrogen-bond acceptors (Lipinski definition) is 9. The van der Waals surface area contributed by atoms with E-state index >= 15 is 0 Å². The summed E-state index contributed by atoms with van der Waals surface area (Å²) in [5, 5.41) is 0. The van der Waals surface area contributed by atoms with Gasteiger partial charge in [-0.25, -0.2) is 4.79 Å². The lowest BCUT2D eigenvalue weighted by molar-refractivity contribution is -0.148. The summed E-state index contributed by atoms with van der Waals surface area (Å²) >= 11 is 0. The molecule has 0 aliphatic heterocycles. The second-order valence-corrected chi connectivity index (χ2v) is 11.2. The molecule has 2 aromatic carbocycles. The molecular weight excluding hydrogens is 526 g/mol. The van der Waals surface area contributed by atoms with Crippen LogP contribution in [0.2, 0.25) is 0 Å². The van der Waals surface area contributed by atoms with E-state index in [1.54, 1.807) is 43.3 Å². The molecular formula is C32H43NO8. The molecule has 2 aromatic rings. The lowest BCUT2D eigenvalue weighted by atomic mass is 9.86. The van der Waals surface area contributed by atoms with Crippen LogP contribution in [0.15, 0.2) is 48.5 Å². The number of methoxy groups -OCH3 is 1. The van der Waals surface area contributed by atoms with Crippen molar-refractivity contribution in [1.82, 2.24) is 0 Å². The van der Waals surface area contributed by atoms with E-state index < -0.39 is 35.5 Å². The number of nitrogens with two attached hydrogens (primary N) is 1. The first-order chi connectivity index (χ1) is 19.3. The first-order valence-electron chi connectivity index (χ1n) is 14.0.